The largest absolute Gasteiger partial charge is 0.198 e. The Morgan fingerprint density at radius 1 is 0.636 bits per heavy atom. The second-order valence-corrected chi connectivity index (χ2v) is 7.23. The maximum absolute atomic E-state index is 8.81. The molecule has 0 spiro atoms. The van der Waals surface area contributed by atoms with Crippen molar-refractivity contribution in [2.45, 2.75) is 6.42 Å². The van der Waals surface area contributed by atoms with Gasteiger partial charge in [0.25, 0.3) is 0 Å². The average Bonchev–Trinajstić information content (AvgIpc) is 2.59. The summed E-state index contributed by atoms with van der Waals surface area (Å²) in [6.07, 6.45) is 0.467. The summed E-state index contributed by atoms with van der Waals surface area (Å²) >= 11 is 0. The molecule has 0 saturated heterocycles. The molecule has 0 unspecified atom stereocenters. The van der Waals surface area contributed by atoms with Crippen LogP contribution in [0.2, 0.25) is 0 Å². The van der Waals surface area contributed by atoms with Crippen molar-refractivity contribution in [2.24, 2.45) is 0 Å². The van der Waals surface area contributed by atoms with E-state index in [0.717, 1.165) is 5.56 Å². The molecule has 106 valence electrons. The van der Waals surface area contributed by atoms with E-state index in [2.05, 4.69) is 91.0 Å². The first kappa shape index (κ1) is 14.5. The van der Waals surface area contributed by atoms with Crippen LogP contribution in [0, 0.1) is 11.3 Å². The van der Waals surface area contributed by atoms with E-state index >= 15 is 0 Å². The van der Waals surface area contributed by atoms with Crippen molar-refractivity contribution in [1.82, 2.24) is 0 Å². The molecule has 0 aliphatic heterocycles. The van der Waals surface area contributed by atoms with Gasteiger partial charge in [0.1, 0.15) is 0 Å². The molecule has 0 aliphatic carbocycles. The summed E-state index contributed by atoms with van der Waals surface area (Å²) in [6.45, 7) is 0. The zero-order valence-corrected chi connectivity index (χ0v) is 13.1. The Labute approximate surface area is 132 Å². The van der Waals surface area contributed by atoms with Crippen molar-refractivity contribution in [2.75, 3.05) is 0 Å². The summed E-state index contributed by atoms with van der Waals surface area (Å²) in [6, 6.07) is 31.9. The van der Waals surface area contributed by atoms with E-state index < -0.39 is 7.92 Å². The maximum atomic E-state index is 8.81. The molecule has 0 fully saturated rings. The van der Waals surface area contributed by atoms with Gasteiger partial charge in [-0.3, -0.25) is 0 Å². The number of benzene rings is 3. The fraction of sp³-hybridized carbons (Fsp3) is 0.0500. The normalized spacial score (nSPS) is 10.4. The highest BCUT2D eigenvalue weighted by Gasteiger charge is 2.15. The van der Waals surface area contributed by atoms with Gasteiger partial charge in [-0.2, -0.15) is 5.26 Å². The molecule has 0 aromatic heterocycles. The van der Waals surface area contributed by atoms with E-state index in [1.807, 2.05) is 0 Å². The second-order valence-electron chi connectivity index (χ2n) is 5.01. The summed E-state index contributed by atoms with van der Waals surface area (Å²) in [5.74, 6) is 0. The van der Waals surface area contributed by atoms with Crippen molar-refractivity contribution < 1.29 is 0 Å². The Hall–Kier alpha value is -2.42. The van der Waals surface area contributed by atoms with E-state index in [1.165, 1.54) is 15.9 Å². The zero-order valence-electron chi connectivity index (χ0n) is 12.2. The lowest BCUT2D eigenvalue weighted by Gasteiger charge is -2.19. The minimum Gasteiger partial charge on any atom is -0.198 e. The van der Waals surface area contributed by atoms with Crippen molar-refractivity contribution in [3.8, 4) is 6.07 Å². The minimum atomic E-state index is -0.551. The van der Waals surface area contributed by atoms with Crippen LogP contribution in [-0.2, 0) is 6.42 Å². The molecule has 0 heterocycles. The first-order chi connectivity index (χ1) is 10.9. The number of nitrogens with zero attached hydrogens (tertiary/aromatic N) is 1. The molecule has 0 saturated carbocycles. The second kappa shape index (κ2) is 7.03. The molecule has 3 aromatic carbocycles. The van der Waals surface area contributed by atoms with Crippen molar-refractivity contribution in [1.29, 1.82) is 5.26 Å². The van der Waals surface area contributed by atoms with Crippen LogP contribution in [0.5, 0.6) is 0 Å². The highest BCUT2D eigenvalue weighted by atomic mass is 31.1. The Morgan fingerprint density at radius 3 is 1.55 bits per heavy atom. The summed E-state index contributed by atoms with van der Waals surface area (Å²) in [5, 5.41) is 12.8. The molecule has 3 aromatic rings. The Balaban J connectivity index is 2.04. The lowest BCUT2D eigenvalue weighted by molar-refractivity contribution is 1.27. The van der Waals surface area contributed by atoms with Gasteiger partial charge >= 0.3 is 0 Å². The van der Waals surface area contributed by atoms with Gasteiger partial charge in [0.2, 0.25) is 0 Å². The molecule has 0 bridgehead atoms. The van der Waals surface area contributed by atoms with Crippen LogP contribution in [0.25, 0.3) is 0 Å². The smallest absolute Gasteiger partial charge is 0.0669 e. The maximum Gasteiger partial charge on any atom is 0.0669 e. The van der Waals surface area contributed by atoms with Gasteiger partial charge in [0, 0.05) is 0 Å². The Kier molecular flexibility index (Phi) is 4.64. The molecular weight excluding hydrogens is 285 g/mol. The van der Waals surface area contributed by atoms with Crippen LogP contribution < -0.4 is 15.9 Å². The number of hydrogen-bond acceptors (Lipinski definition) is 1. The molecule has 0 aliphatic rings. The Bertz CT molecular complexity index is 719. The lowest BCUT2D eigenvalue weighted by Crippen LogP contribution is -2.20. The SMILES string of the molecule is N#CCc1ccc(P(c2ccccc2)c2ccccc2)cc1. The fourth-order valence-corrected chi connectivity index (χ4v) is 4.74. The molecule has 0 amide bonds. The summed E-state index contributed by atoms with van der Waals surface area (Å²) in [7, 11) is -0.551. The predicted octanol–water partition coefficient (Wildman–Crippen LogP) is 3.51. The summed E-state index contributed by atoms with van der Waals surface area (Å²) in [5.41, 5.74) is 1.07. The van der Waals surface area contributed by atoms with Crippen molar-refractivity contribution in [3.05, 3.63) is 90.5 Å². The van der Waals surface area contributed by atoms with Crippen LogP contribution in [-0.4, -0.2) is 0 Å². The minimum absolute atomic E-state index is 0.467. The first-order valence-corrected chi connectivity index (χ1v) is 8.59. The van der Waals surface area contributed by atoms with Gasteiger partial charge in [-0.25, -0.2) is 0 Å². The lowest BCUT2D eigenvalue weighted by atomic mass is 10.2. The molecule has 0 N–H and O–H groups in total. The summed E-state index contributed by atoms with van der Waals surface area (Å²) in [4.78, 5) is 0. The van der Waals surface area contributed by atoms with Gasteiger partial charge in [-0.05, 0) is 29.4 Å². The molecule has 0 radical (unpaired) electrons. The van der Waals surface area contributed by atoms with Crippen molar-refractivity contribution >= 4 is 23.8 Å². The first-order valence-electron chi connectivity index (χ1n) is 7.24. The third kappa shape index (κ3) is 3.25. The standard InChI is InChI=1S/C20H16NP/c21-16-15-17-11-13-20(14-12-17)22(18-7-3-1-4-8-18)19-9-5-2-6-10-19/h1-14H,15H2. The van der Waals surface area contributed by atoms with E-state index in [4.69, 9.17) is 5.26 Å². The van der Waals surface area contributed by atoms with Gasteiger partial charge < -0.3 is 0 Å². The number of hydrogen-bond donors (Lipinski definition) is 0. The number of rotatable bonds is 4. The molecule has 1 nitrogen and oxygen atoms in total. The van der Waals surface area contributed by atoms with Crippen LogP contribution in [0.3, 0.4) is 0 Å². The topological polar surface area (TPSA) is 23.8 Å². The molecule has 0 atom stereocenters. The van der Waals surface area contributed by atoms with E-state index in [0.29, 0.717) is 6.42 Å². The predicted molar refractivity (Wildman–Crippen MR) is 94.5 cm³/mol. The van der Waals surface area contributed by atoms with Gasteiger partial charge in [-0.1, -0.05) is 84.9 Å². The van der Waals surface area contributed by atoms with Crippen LogP contribution in [0.1, 0.15) is 5.56 Å². The molecule has 22 heavy (non-hydrogen) atoms. The number of nitriles is 1. The molecule has 3 rings (SSSR count). The van der Waals surface area contributed by atoms with Crippen LogP contribution in [0.4, 0.5) is 0 Å². The fourth-order valence-electron chi connectivity index (χ4n) is 2.46. The third-order valence-corrected chi connectivity index (χ3v) is 5.95. The van der Waals surface area contributed by atoms with Gasteiger partial charge in [-0.15, -0.1) is 0 Å². The summed E-state index contributed by atoms with van der Waals surface area (Å²) < 4.78 is 0. The molecule has 2 heteroatoms. The van der Waals surface area contributed by atoms with Gasteiger partial charge in [0.05, 0.1) is 12.5 Å². The third-order valence-electron chi connectivity index (χ3n) is 3.51. The van der Waals surface area contributed by atoms with E-state index in [9.17, 15) is 0 Å². The highest BCUT2D eigenvalue weighted by Crippen LogP contribution is 2.32. The van der Waals surface area contributed by atoms with Crippen molar-refractivity contribution in [3.63, 3.8) is 0 Å². The Morgan fingerprint density at radius 2 is 1.09 bits per heavy atom. The van der Waals surface area contributed by atoms with Crippen LogP contribution in [0.15, 0.2) is 84.9 Å². The van der Waals surface area contributed by atoms with Crippen LogP contribution >= 0.6 is 7.92 Å². The quantitative estimate of drug-likeness (QED) is 0.677. The molecular formula is C20H16NP. The highest BCUT2D eigenvalue weighted by molar-refractivity contribution is 7.79. The average molecular weight is 301 g/mol. The zero-order chi connectivity index (χ0) is 15.2. The van der Waals surface area contributed by atoms with E-state index in [1.54, 1.807) is 0 Å². The van der Waals surface area contributed by atoms with E-state index in [-0.39, 0.29) is 0 Å². The monoisotopic (exact) mass is 301 g/mol. The van der Waals surface area contributed by atoms with Gasteiger partial charge in [0.15, 0.2) is 0 Å².